The van der Waals surface area contributed by atoms with Gasteiger partial charge in [0.2, 0.25) is 11.8 Å². The molecule has 0 saturated heterocycles. The fourth-order valence-electron chi connectivity index (χ4n) is 5.66. The number of carbonyl (C=O) groups is 4. The maximum absolute atomic E-state index is 13.5. The summed E-state index contributed by atoms with van der Waals surface area (Å²) in [6.07, 6.45) is 5.07. The van der Waals surface area contributed by atoms with Gasteiger partial charge in [-0.25, -0.2) is 0 Å². The van der Waals surface area contributed by atoms with Crippen molar-refractivity contribution in [2.75, 3.05) is 20.1 Å². The number of amides is 2. The van der Waals surface area contributed by atoms with Crippen LogP contribution in [-0.4, -0.2) is 53.4 Å². The van der Waals surface area contributed by atoms with Gasteiger partial charge in [0.25, 0.3) is 0 Å². The SMILES string of the molecule is CCCCN(C)C(=O)CCCCCNC(=O)Cc1c(-c2ccc(OC(C)=O)cc2)n(Cc2ccccc2)c2ccc(OC(C)=O)cc12. The summed E-state index contributed by atoms with van der Waals surface area (Å²) < 4.78 is 12.9. The molecule has 0 saturated carbocycles. The molecule has 3 aromatic carbocycles. The van der Waals surface area contributed by atoms with E-state index in [4.69, 9.17) is 9.47 Å². The molecule has 0 aliphatic carbocycles. The highest BCUT2D eigenvalue weighted by Gasteiger charge is 2.22. The second-order valence-corrected chi connectivity index (χ2v) is 11.8. The van der Waals surface area contributed by atoms with E-state index < -0.39 is 11.9 Å². The monoisotopic (exact) mass is 639 g/mol. The van der Waals surface area contributed by atoms with E-state index in [9.17, 15) is 19.2 Å². The molecule has 1 heterocycles. The minimum Gasteiger partial charge on any atom is -0.427 e. The summed E-state index contributed by atoms with van der Waals surface area (Å²) in [6, 6.07) is 22.8. The maximum Gasteiger partial charge on any atom is 0.308 e. The Morgan fingerprint density at radius 1 is 0.809 bits per heavy atom. The third-order valence-corrected chi connectivity index (χ3v) is 7.97. The van der Waals surface area contributed by atoms with Crippen molar-refractivity contribution >= 4 is 34.7 Å². The molecular formula is C38H45N3O6. The van der Waals surface area contributed by atoms with Crippen LogP contribution in [0.25, 0.3) is 22.2 Å². The van der Waals surface area contributed by atoms with Gasteiger partial charge in [-0.15, -0.1) is 0 Å². The largest absolute Gasteiger partial charge is 0.427 e. The van der Waals surface area contributed by atoms with Crippen molar-refractivity contribution in [3.05, 3.63) is 83.9 Å². The number of unbranched alkanes of at least 4 members (excludes halogenated alkanes) is 3. The van der Waals surface area contributed by atoms with E-state index in [1.165, 1.54) is 13.8 Å². The lowest BCUT2D eigenvalue weighted by Gasteiger charge is -2.16. The van der Waals surface area contributed by atoms with E-state index in [1.807, 2.05) is 49.5 Å². The molecule has 9 heteroatoms. The van der Waals surface area contributed by atoms with E-state index in [-0.39, 0.29) is 18.2 Å². The molecule has 0 aliphatic heterocycles. The van der Waals surface area contributed by atoms with Crippen LogP contribution in [-0.2, 0) is 32.1 Å². The molecule has 9 nitrogen and oxygen atoms in total. The van der Waals surface area contributed by atoms with E-state index in [0.717, 1.165) is 71.9 Å². The third-order valence-electron chi connectivity index (χ3n) is 7.97. The van der Waals surface area contributed by atoms with Gasteiger partial charge in [-0.3, -0.25) is 19.2 Å². The molecule has 0 radical (unpaired) electrons. The topological polar surface area (TPSA) is 107 Å². The first-order chi connectivity index (χ1) is 22.7. The Morgan fingerprint density at radius 3 is 2.17 bits per heavy atom. The first kappa shape index (κ1) is 34.9. The molecular weight excluding hydrogens is 594 g/mol. The Hall–Kier alpha value is -4.92. The number of nitrogens with zero attached hydrogens (tertiary/aromatic N) is 2. The second-order valence-electron chi connectivity index (χ2n) is 11.8. The fourth-order valence-corrected chi connectivity index (χ4v) is 5.66. The number of esters is 2. The Balaban J connectivity index is 1.60. The van der Waals surface area contributed by atoms with E-state index in [0.29, 0.717) is 31.0 Å². The first-order valence-electron chi connectivity index (χ1n) is 16.3. The minimum absolute atomic E-state index is 0.101. The highest BCUT2D eigenvalue weighted by molar-refractivity contribution is 5.97. The zero-order chi connectivity index (χ0) is 33.8. The van der Waals surface area contributed by atoms with Crippen LogP contribution < -0.4 is 14.8 Å². The number of rotatable bonds is 16. The van der Waals surface area contributed by atoms with Crippen LogP contribution in [0.3, 0.4) is 0 Å². The molecule has 0 fully saturated rings. The van der Waals surface area contributed by atoms with Gasteiger partial charge in [-0.05, 0) is 78.4 Å². The molecule has 0 aliphatic rings. The molecule has 0 bridgehead atoms. The molecule has 4 rings (SSSR count). The number of ether oxygens (including phenoxy) is 2. The highest BCUT2D eigenvalue weighted by atomic mass is 16.5. The Morgan fingerprint density at radius 2 is 1.49 bits per heavy atom. The molecule has 1 aromatic heterocycles. The van der Waals surface area contributed by atoms with Crippen molar-refractivity contribution < 1.29 is 28.7 Å². The minimum atomic E-state index is -0.428. The zero-order valence-electron chi connectivity index (χ0n) is 27.8. The molecule has 248 valence electrons. The van der Waals surface area contributed by atoms with Crippen molar-refractivity contribution in [3.8, 4) is 22.8 Å². The second kappa shape index (κ2) is 17.1. The number of carbonyl (C=O) groups excluding carboxylic acids is 4. The average molecular weight is 640 g/mol. The van der Waals surface area contributed by atoms with Crippen molar-refractivity contribution in [1.82, 2.24) is 14.8 Å². The summed E-state index contributed by atoms with van der Waals surface area (Å²) in [4.78, 5) is 50.9. The molecule has 0 atom stereocenters. The lowest BCUT2D eigenvalue weighted by atomic mass is 10.0. The van der Waals surface area contributed by atoms with Crippen LogP contribution in [0.1, 0.15) is 70.4 Å². The Bertz CT molecular complexity index is 1680. The van der Waals surface area contributed by atoms with E-state index in [1.54, 1.807) is 23.1 Å². The summed E-state index contributed by atoms with van der Waals surface area (Å²) in [5, 5.41) is 3.87. The van der Waals surface area contributed by atoms with E-state index in [2.05, 4.69) is 28.9 Å². The average Bonchev–Trinajstić information content (AvgIpc) is 3.33. The van der Waals surface area contributed by atoms with Gasteiger partial charge in [0, 0.05) is 57.9 Å². The predicted molar refractivity (Wildman–Crippen MR) is 183 cm³/mol. The maximum atomic E-state index is 13.5. The molecule has 1 N–H and O–H groups in total. The van der Waals surface area contributed by atoms with Crippen molar-refractivity contribution in [2.45, 2.75) is 72.3 Å². The van der Waals surface area contributed by atoms with Crippen molar-refractivity contribution in [2.24, 2.45) is 0 Å². The van der Waals surface area contributed by atoms with Gasteiger partial charge in [0.1, 0.15) is 11.5 Å². The Labute approximate surface area is 276 Å². The van der Waals surface area contributed by atoms with Crippen molar-refractivity contribution in [1.29, 1.82) is 0 Å². The first-order valence-corrected chi connectivity index (χ1v) is 16.3. The third kappa shape index (κ3) is 10.0. The standard InChI is InChI=1S/C38H45N3O6/c1-5-6-23-40(4)37(45)15-11-8-12-22-39-36(44)25-34-33-24-32(47-28(3)43)20-21-35(33)41(26-29-13-9-7-10-14-29)38(34)30-16-18-31(19-17-30)46-27(2)42/h7,9-10,13-14,16-21,24H,5-6,8,11-12,15,22-23,25-26H2,1-4H3,(H,39,44). The normalized spacial score (nSPS) is 10.9. The lowest BCUT2D eigenvalue weighted by Crippen LogP contribution is -2.27. The number of hydrogen-bond donors (Lipinski definition) is 1. The molecule has 2 amide bonds. The zero-order valence-corrected chi connectivity index (χ0v) is 27.8. The van der Waals surface area contributed by atoms with Crippen LogP contribution in [0.4, 0.5) is 0 Å². The summed E-state index contributed by atoms with van der Waals surface area (Å²) in [6.45, 7) is 6.66. The van der Waals surface area contributed by atoms with Crippen LogP contribution in [0.5, 0.6) is 11.5 Å². The van der Waals surface area contributed by atoms with Gasteiger partial charge in [0.05, 0.1) is 12.1 Å². The van der Waals surface area contributed by atoms with Crippen LogP contribution in [0.2, 0.25) is 0 Å². The molecule has 0 unspecified atom stereocenters. The van der Waals surface area contributed by atoms with Crippen LogP contribution >= 0.6 is 0 Å². The van der Waals surface area contributed by atoms with Gasteiger partial charge in [-0.1, -0.05) is 50.1 Å². The fraction of sp³-hybridized carbons (Fsp3) is 0.368. The van der Waals surface area contributed by atoms with Gasteiger partial charge in [0.15, 0.2) is 0 Å². The molecule has 4 aromatic rings. The van der Waals surface area contributed by atoms with Gasteiger partial charge in [-0.2, -0.15) is 0 Å². The number of benzene rings is 3. The number of aromatic nitrogens is 1. The summed E-state index contributed by atoms with van der Waals surface area (Å²) >= 11 is 0. The van der Waals surface area contributed by atoms with Crippen LogP contribution in [0.15, 0.2) is 72.8 Å². The van der Waals surface area contributed by atoms with Gasteiger partial charge < -0.3 is 24.3 Å². The summed E-state index contributed by atoms with van der Waals surface area (Å²) in [5.74, 6) is 0.0266. The smallest absolute Gasteiger partial charge is 0.308 e. The highest BCUT2D eigenvalue weighted by Crippen LogP contribution is 2.37. The number of hydrogen-bond acceptors (Lipinski definition) is 6. The van der Waals surface area contributed by atoms with Crippen molar-refractivity contribution in [3.63, 3.8) is 0 Å². The predicted octanol–water partition coefficient (Wildman–Crippen LogP) is 6.68. The van der Waals surface area contributed by atoms with E-state index >= 15 is 0 Å². The summed E-state index contributed by atoms with van der Waals surface area (Å²) in [7, 11) is 1.85. The quantitative estimate of drug-likeness (QED) is 0.0833. The molecule has 47 heavy (non-hydrogen) atoms. The summed E-state index contributed by atoms with van der Waals surface area (Å²) in [5.41, 5.74) is 4.46. The number of nitrogens with one attached hydrogen (secondary N) is 1. The molecule has 0 spiro atoms. The van der Waals surface area contributed by atoms with Crippen LogP contribution in [0, 0.1) is 0 Å². The Kier molecular flexibility index (Phi) is 12.7. The lowest BCUT2D eigenvalue weighted by molar-refractivity contribution is -0.132. The van der Waals surface area contributed by atoms with Gasteiger partial charge >= 0.3 is 11.9 Å². The number of fused-ring (bicyclic) bond motifs is 1.